The minimum absolute atomic E-state index is 0.0522. The van der Waals surface area contributed by atoms with Crippen LogP contribution in [0.2, 0.25) is 5.02 Å². The first-order valence-corrected chi connectivity index (χ1v) is 10.9. The summed E-state index contributed by atoms with van der Waals surface area (Å²) in [7, 11) is 1.71. The molecule has 5 nitrogen and oxygen atoms in total. The molecule has 2 aromatic carbocycles. The van der Waals surface area contributed by atoms with Crippen molar-refractivity contribution in [2.75, 3.05) is 6.54 Å². The SMILES string of the molecule is CC(c1nc2cc(Cl)ccc2c(=O)n1C)N(CCc1ccccc1)C(=O)CC(C)(C)C. The van der Waals surface area contributed by atoms with Gasteiger partial charge in [-0.25, -0.2) is 4.98 Å². The fourth-order valence-electron chi connectivity index (χ4n) is 3.76. The number of hydrogen-bond acceptors (Lipinski definition) is 3. The highest BCUT2D eigenvalue weighted by molar-refractivity contribution is 6.31. The van der Waals surface area contributed by atoms with Gasteiger partial charge < -0.3 is 4.90 Å². The van der Waals surface area contributed by atoms with E-state index in [9.17, 15) is 9.59 Å². The molecule has 0 radical (unpaired) electrons. The average Bonchev–Trinajstić information content (AvgIpc) is 2.70. The smallest absolute Gasteiger partial charge is 0.261 e. The van der Waals surface area contributed by atoms with Crippen LogP contribution in [0.1, 0.15) is 51.5 Å². The van der Waals surface area contributed by atoms with Crippen LogP contribution in [0.4, 0.5) is 0 Å². The monoisotopic (exact) mass is 439 g/mol. The molecule has 1 atom stereocenters. The third-order valence-electron chi connectivity index (χ3n) is 5.40. The van der Waals surface area contributed by atoms with E-state index < -0.39 is 0 Å². The summed E-state index contributed by atoms with van der Waals surface area (Å²) in [6, 6.07) is 14.8. The number of carbonyl (C=O) groups is 1. The molecule has 0 bridgehead atoms. The van der Waals surface area contributed by atoms with Gasteiger partial charge in [-0.2, -0.15) is 0 Å². The Hall–Kier alpha value is -2.66. The first kappa shape index (κ1) is 23.0. The summed E-state index contributed by atoms with van der Waals surface area (Å²) in [6.45, 7) is 8.64. The van der Waals surface area contributed by atoms with Crippen molar-refractivity contribution in [3.63, 3.8) is 0 Å². The Kier molecular flexibility index (Phi) is 6.85. The summed E-state index contributed by atoms with van der Waals surface area (Å²) in [4.78, 5) is 32.8. The van der Waals surface area contributed by atoms with Crippen LogP contribution in [-0.4, -0.2) is 26.9 Å². The molecule has 6 heteroatoms. The van der Waals surface area contributed by atoms with Gasteiger partial charge in [0.1, 0.15) is 5.82 Å². The van der Waals surface area contributed by atoms with Crippen molar-refractivity contribution >= 4 is 28.4 Å². The summed E-state index contributed by atoms with van der Waals surface area (Å²) in [5.41, 5.74) is 1.42. The van der Waals surface area contributed by atoms with Crippen LogP contribution >= 0.6 is 11.6 Å². The lowest BCUT2D eigenvalue weighted by atomic mass is 9.91. The van der Waals surface area contributed by atoms with E-state index in [1.165, 1.54) is 0 Å². The summed E-state index contributed by atoms with van der Waals surface area (Å²) >= 11 is 6.13. The number of nitrogens with zero attached hydrogens (tertiary/aromatic N) is 3. The van der Waals surface area contributed by atoms with Gasteiger partial charge >= 0.3 is 0 Å². The van der Waals surface area contributed by atoms with Crippen molar-refractivity contribution in [3.05, 3.63) is 75.3 Å². The van der Waals surface area contributed by atoms with E-state index in [-0.39, 0.29) is 22.9 Å². The number of halogens is 1. The third kappa shape index (κ3) is 5.53. The van der Waals surface area contributed by atoms with Crippen LogP contribution in [0.3, 0.4) is 0 Å². The molecule has 0 N–H and O–H groups in total. The van der Waals surface area contributed by atoms with E-state index in [2.05, 4.69) is 32.9 Å². The van der Waals surface area contributed by atoms with Crippen LogP contribution in [-0.2, 0) is 18.3 Å². The van der Waals surface area contributed by atoms with Crippen LogP contribution in [0.15, 0.2) is 53.3 Å². The number of carbonyl (C=O) groups excluding carboxylic acids is 1. The number of aromatic nitrogens is 2. The van der Waals surface area contributed by atoms with E-state index in [1.54, 1.807) is 29.8 Å². The van der Waals surface area contributed by atoms with Crippen molar-refractivity contribution in [3.8, 4) is 0 Å². The molecular formula is C25H30ClN3O2. The molecule has 1 heterocycles. The highest BCUT2D eigenvalue weighted by Crippen LogP contribution is 2.26. The lowest BCUT2D eigenvalue weighted by Gasteiger charge is -2.32. The number of rotatable bonds is 6. The predicted octanol–water partition coefficient (Wildman–Crippen LogP) is 5.16. The quantitative estimate of drug-likeness (QED) is 0.533. The van der Waals surface area contributed by atoms with Crippen LogP contribution in [0.25, 0.3) is 10.9 Å². The molecule has 3 rings (SSSR count). The fourth-order valence-corrected chi connectivity index (χ4v) is 3.92. The van der Waals surface area contributed by atoms with Gasteiger partial charge in [-0.1, -0.05) is 62.7 Å². The van der Waals surface area contributed by atoms with E-state index >= 15 is 0 Å². The highest BCUT2D eigenvalue weighted by Gasteiger charge is 2.28. The van der Waals surface area contributed by atoms with Crippen molar-refractivity contribution in [2.24, 2.45) is 12.5 Å². The van der Waals surface area contributed by atoms with Crippen molar-refractivity contribution in [2.45, 2.75) is 46.6 Å². The Morgan fingerprint density at radius 1 is 1.16 bits per heavy atom. The maximum absolute atomic E-state index is 13.3. The topological polar surface area (TPSA) is 55.2 Å². The zero-order valence-corrected chi connectivity index (χ0v) is 19.6. The van der Waals surface area contributed by atoms with Crippen molar-refractivity contribution in [1.29, 1.82) is 0 Å². The molecule has 0 spiro atoms. The lowest BCUT2D eigenvalue weighted by molar-refractivity contribution is -0.135. The van der Waals surface area contributed by atoms with Gasteiger partial charge in [0.25, 0.3) is 5.56 Å². The Balaban J connectivity index is 2.00. The zero-order chi connectivity index (χ0) is 22.8. The van der Waals surface area contributed by atoms with Crippen molar-refractivity contribution < 1.29 is 4.79 Å². The molecule has 0 aliphatic carbocycles. The molecule has 164 valence electrons. The largest absolute Gasteiger partial charge is 0.332 e. The summed E-state index contributed by atoms with van der Waals surface area (Å²) < 4.78 is 1.54. The fraction of sp³-hybridized carbons (Fsp3) is 0.400. The number of fused-ring (bicyclic) bond motifs is 1. The minimum atomic E-state index is -0.361. The van der Waals surface area contributed by atoms with Gasteiger partial charge in [0.15, 0.2) is 0 Å². The lowest BCUT2D eigenvalue weighted by Crippen LogP contribution is -2.39. The van der Waals surface area contributed by atoms with E-state index in [4.69, 9.17) is 16.6 Å². The normalized spacial score (nSPS) is 12.7. The molecule has 1 aromatic heterocycles. The third-order valence-corrected chi connectivity index (χ3v) is 5.64. The molecule has 0 aliphatic rings. The van der Waals surface area contributed by atoms with Crippen LogP contribution in [0.5, 0.6) is 0 Å². The summed E-state index contributed by atoms with van der Waals surface area (Å²) in [6.07, 6.45) is 1.15. The maximum Gasteiger partial charge on any atom is 0.261 e. The minimum Gasteiger partial charge on any atom is -0.332 e. The average molecular weight is 440 g/mol. The van der Waals surface area contributed by atoms with E-state index in [0.29, 0.717) is 34.7 Å². The second kappa shape index (κ2) is 9.23. The first-order chi connectivity index (χ1) is 14.6. The van der Waals surface area contributed by atoms with Crippen LogP contribution in [0, 0.1) is 5.41 Å². The number of hydrogen-bond donors (Lipinski definition) is 0. The Morgan fingerprint density at radius 3 is 2.48 bits per heavy atom. The molecule has 1 unspecified atom stereocenters. The molecule has 0 fully saturated rings. The molecule has 1 amide bonds. The van der Waals surface area contributed by atoms with Gasteiger partial charge in [0, 0.05) is 25.0 Å². The highest BCUT2D eigenvalue weighted by atomic mass is 35.5. The summed E-state index contributed by atoms with van der Waals surface area (Å²) in [5.74, 6) is 0.603. The van der Waals surface area contributed by atoms with Gasteiger partial charge in [-0.3, -0.25) is 14.2 Å². The predicted molar refractivity (Wildman–Crippen MR) is 126 cm³/mol. The zero-order valence-electron chi connectivity index (χ0n) is 18.9. The molecule has 31 heavy (non-hydrogen) atoms. The second-order valence-corrected chi connectivity index (χ2v) is 9.67. The molecule has 0 aliphatic heterocycles. The van der Waals surface area contributed by atoms with Gasteiger partial charge in [0.05, 0.1) is 16.9 Å². The Labute approximate surface area is 188 Å². The Morgan fingerprint density at radius 2 is 1.84 bits per heavy atom. The number of amides is 1. The number of benzene rings is 2. The molecule has 3 aromatic rings. The van der Waals surface area contributed by atoms with Crippen LogP contribution < -0.4 is 5.56 Å². The first-order valence-electron chi connectivity index (χ1n) is 10.6. The summed E-state index contributed by atoms with van der Waals surface area (Å²) in [5, 5.41) is 1.04. The van der Waals surface area contributed by atoms with E-state index in [0.717, 1.165) is 12.0 Å². The van der Waals surface area contributed by atoms with Crippen molar-refractivity contribution in [1.82, 2.24) is 14.5 Å². The van der Waals surface area contributed by atoms with E-state index in [1.807, 2.05) is 30.0 Å². The van der Waals surface area contributed by atoms with Gasteiger partial charge in [-0.05, 0) is 42.5 Å². The van der Waals surface area contributed by atoms with Gasteiger partial charge in [-0.15, -0.1) is 0 Å². The standard InChI is InChI=1S/C25H30ClN3O2/c1-17(23-27-21-15-19(26)11-12-20(21)24(31)28(23)5)29(22(30)16-25(2,3)4)14-13-18-9-7-6-8-10-18/h6-12,15,17H,13-14,16H2,1-5H3. The molecule has 0 saturated carbocycles. The molecule has 0 saturated heterocycles. The molecular weight excluding hydrogens is 410 g/mol. The maximum atomic E-state index is 13.3. The Bertz CT molecular complexity index is 1130. The second-order valence-electron chi connectivity index (χ2n) is 9.23. The van der Waals surface area contributed by atoms with Gasteiger partial charge in [0.2, 0.25) is 5.91 Å².